The molecular weight excluding hydrogens is 308 g/mol. The molecule has 1 unspecified atom stereocenters. The first-order valence-corrected chi connectivity index (χ1v) is 8.46. The Balaban J connectivity index is 1.52. The molecule has 3 heterocycles. The van der Waals surface area contributed by atoms with Gasteiger partial charge in [-0.3, -0.25) is 19.5 Å². The molecule has 3 rings (SSSR count). The summed E-state index contributed by atoms with van der Waals surface area (Å²) in [6.07, 6.45) is 3.26. The smallest absolute Gasteiger partial charge is 0.254 e. The average molecular weight is 332 g/mol. The Labute approximate surface area is 142 Å². The highest BCUT2D eigenvalue weighted by atomic mass is 16.5. The Kier molecular flexibility index (Phi) is 5.42. The van der Waals surface area contributed by atoms with E-state index >= 15 is 0 Å². The number of ether oxygens (including phenoxy) is 1. The van der Waals surface area contributed by atoms with Gasteiger partial charge in [0.1, 0.15) is 0 Å². The number of carbonyl (C=O) groups is 2. The van der Waals surface area contributed by atoms with Gasteiger partial charge in [-0.25, -0.2) is 0 Å². The van der Waals surface area contributed by atoms with E-state index in [9.17, 15) is 9.59 Å². The van der Waals surface area contributed by atoms with Gasteiger partial charge >= 0.3 is 0 Å². The van der Waals surface area contributed by atoms with Gasteiger partial charge in [-0.15, -0.1) is 0 Å². The molecule has 1 aromatic heterocycles. The molecule has 0 radical (unpaired) electrons. The van der Waals surface area contributed by atoms with Gasteiger partial charge in [-0.05, 0) is 19.1 Å². The predicted octanol–water partition coefficient (Wildman–Crippen LogP) is 0.0867. The molecule has 0 bridgehead atoms. The van der Waals surface area contributed by atoms with Crippen LogP contribution in [0.1, 0.15) is 17.3 Å². The molecule has 2 fully saturated rings. The van der Waals surface area contributed by atoms with Crippen molar-refractivity contribution in [3.63, 3.8) is 0 Å². The molecule has 7 nitrogen and oxygen atoms in total. The Bertz CT molecular complexity index is 566. The first kappa shape index (κ1) is 16.9. The molecule has 2 aliphatic heterocycles. The topological polar surface area (TPSA) is 66.0 Å². The van der Waals surface area contributed by atoms with Crippen molar-refractivity contribution in [2.45, 2.75) is 13.0 Å². The van der Waals surface area contributed by atoms with E-state index in [1.54, 1.807) is 24.5 Å². The van der Waals surface area contributed by atoms with Crippen LogP contribution in [0.4, 0.5) is 0 Å². The second kappa shape index (κ2) is 7.72. The highest BCUT2D eigenvalue weighted by molar-refractivity contribution is 5.94. The lowest BCUT2D eigenvalue weighted by Crippen LogP contribution is -2.56. The number of aromatic nitrogens is 1. The van der Waals surface area contributed by atoms with Crippen LogP contribution in [0.25, 0.3) is 0 Å². The normalized spacial score (nSPS) is 20.7. The summed E-state index contributed by atoms with van der Waals surface area (Å²) in [5.41, 5.74) is 0.663. The van der Waals surface area contributed by atoms with Gasteiger partial charge in [-0.1, -0.05) is 0 Å². The van der Waals surface area contributed by atoms with Crippen LogP contribution in [-0.4, -0.2) is 90.0 Å². The molecule has 130 valence electrons. The van der Waals surface area contributed by atoms with Crippen LogP contribution in [0, 0.1) is 0 Å². The molecule has 2 amide bonds. The van der Waals surface area contributed by atoms with Crippen LogP contribution in [0.3, 0.4) is 0 Å². The molecule has 0 aliphatic carbocycles. The molecule has 1 atom stereocenters. The average Bonchev–Trinajstić information content (AvgIpc) is 2.68. The number of rotatable bonds is 3. The number of nitrogens with zero attached hydrogens (tertiary/aromatic N) is 4. The van der Waals surface area contributed by atoms with Gasteiger partial charge in [0, 0.05) is 57.2 Å². The van der Waals surface area contributed by atoms with Gasteiger partial charge in [-0.2, -0.15) is 0 Å². The van der Waals surface area contributed by atoms with E-state index in [4.69, 9.17) is 4.74 Å². The first-order valence-electron chi connectivity index (χ1n) is 8.46. The van der Waals surface area contributed by atoms with Crippen molar-refractivity contribution >= 4 is 11.8 Å². The number of hydrogen-bond acceptors (Lipinski definition) is 5. The molecule has 0 aromatic carbocycles. The monoisotopic (exact) mass is 332 g/mol. The highest BCUT2D eigenvalue weighted by Crippen LogP contribution is 2.12. The van der Waals surface area contributed by atoms with E-state index in [-0.39, 0.29) is 17.9 Å². The van der Waals surface area contributed by atoms with Crippen LogP contribution < -0.4 is 0 Å². The number of pyridine rings is 1. The van der Waals surface area contributed by atoms with Gasteiger partial charge in [0.15, 0.2) is 0 Å². The minimum absolute atomic E-state index is 0.0317. The van der Waals surface area contributed by atoms with Crippen molar-refractivity contribution < 1.29 is 14.3 Å². The van der Waals surface area contributed by atoms with Crippen LogP contribution >= 0.6 is 0 Å². The van der Waals surface area contributed by atoms with E-state index in [2.05, 4.69) is 9.88 Å². The van der Waals surface area contributed by atoms with E-state index in [0.717, 1.165) is 0 Å². The van der Waals surface area contributed by atoms with Crippen LogP contribution in [-0.2, 0) is 9.53 Å². The van der Waals surface area contributed by atoms with E-state index in [0.29, 0.717) is 58.0 Å². The van der Waals surface area contributed by atoms with Crippen molar-refractivity contribution in [2.75, 3.05) is 52.5 Å². The Morgan fingerprint density at radius 3 is 2.25 bits per heavy atom. The van der Waals surface area contributed by atoms with Gasteiger partial charge in [0.05, 0.1) is 19.3 Å². The van der Waals surface area contributed by atoms with Crippen molar-refractivity contribution in [1.29, 1.82) is 0 Å². The van der Waals surface area contributed by atoms with Crippen molar-refractivity contribution in [3.8, 4) is 0 Å². The Hall–Kier alpha value is -1.99. The minimum atomic E-state index is -0.152. The van der Waals surface area contributed by atoms with Gasteiger partial charge in [0.25, 0.3) is 5.91 Å². The molecule has 7 heteroatoms. The number of morpholine rings is 1. The molecule has 2 saturated heterocycles. The second-order valence-electron chi connectivity index (χ2n) is 6.18. The highest BCUT2D eigenvalue weighted by Gasteiger charge is 2.30. The maximum atomic E-state index is 12.6. The summed E-state index contributed by atoms with van der Waals surface area (Å²) in [6, 6.07) is 3.32. The maximum Gasteiger partial charge on any atom is 0.254 e. The largest absolute Gasteiger partial charge is 0.378 e. The third-order valence-electron chi connectivity index (χ3n) is 4.76. The number of amides is 2. The van der Waals surface area contributed by atoms with Crippen LogP contribution in [0.2, 0.25) is 0 Å². The molecule has 2 aliphatic rings. The molecular formula is C17H24N4O3. The number of piperazine rings is 1. The lowest BCUT2D eigenvalue weighted by molar-refractivity contribution is -0.141. The van der Waals surface area contributed by atoms with E-state index in [1.807, 2.05) is 16.7 Å². The fraction of sp³-hybridized carbons (Fsp3) is 0.588. The van der Waals surface area contributed by atoms with Gasteiger partial charge in [0.2, 0.25) is 5.91 Å². The third kappa shape index (κ3) is 3.73. The maximum absolute atomic E-state index is 12.6. The summed E-state index contributed by atoms with van der Waals surface area (Å²) >= 11 is 0. The zero-order chi connectivity index (χ0) is 16.9. The molecule has 0 spiro atoms. The number of hydrogen-bond donors (Lipinski definition) is 0. The molecule has 0 N–H and O–H groups in total. The summed E-state index contributed by atoms with van der Waals surface area (Å²) in [5, 5.41) is 0. The zero-order valence-electron chi connectivity index (χ0n) is 14.1. The molecule has 0 saturated carbocycles. The summed E-state index contributed by atoms with van der Waals surface area (Å²) < 4.78 is 5.30. The lowest BCUT2D eigenvalue weighted by Gasteiger charge is -2.39. The standard InChI is InChI=1S/C17H24N4O3/c1-14(16(22)21-10-12-24-13-11-21)19-6-8-20(9-7-19)17(23)15-2-4-18-5-3-15/h2-5,14H,6-13H2,1H3. The fourth-order valence-corrected chi connectivity index (χ4v) is 3.19. The fourth-order valence-electron chi connectivity index (χ4n) is 3.19. The predicted molar refractivity (Wildman–Crippen MR) is 88.6 cm³/mol. The minimum Gasteiger partial charge on any atom is -0.378 e. The summed E-state index contributed by atoms with van der Waals surface area (Å²) in [6.45, 7) is 7.25. The third-order valence-corrected chi connectivity index (χ3v) is 4.76. The number of carbonyl (C=O) groups excluding carboxylic acids is 2. The first-order chi connectivity index (χ1) is 11.7. The summed E-state index contributed by atoms with van der Waals surface area (Å²) in [5.74, 6) is 0.191. The quantitative estimate of drug-likeness (QED) is 0.785. The zero-order valence-corrected chi connectivity index (χ0v) is 14.1. The molecule has 1 aromatic rings. The van der Waals surface area contributed by atoms with Gasteiger partial charge < -0.3 is 14.5 Å². The van der Waals surface area contributed by atoms with Crippen molar-refractivity contribution in [3.05, 3.63) is 30.1 Å². The van der Waals surface area contributed by atoms with Crippen LogP contribution in [0.15, 0.2) is 24.5 Å². The second-order valence-corrected chi connectivity index (χ2v) is 6.18. The Morgan fingerprint density at radius 2 is 1.62 bits per heavy atom. The van der Waals surface area contributed by atoms with Crippen molar-refractivity contribution in [1.82, 2.24) is 19.7 Å². The SMILES string of the molecule is CC(C(=O)N1CCOCC1)N1CCN(C(=O)c2ccncc2)CC1. The lowest BCUT2D eigenvalue weighted by atomic mass is 10.1. The summed E-state index contributed by atoms with van der Waals surface area (Å²) in [7, 11) is 0. The van der Waals surface area contributed by atoms with Crippen molar-refractivity contribution in [2.24, 2.45) is 0 Å². The summed E-state index contributed by atoms with van der Waals surface area (Å²) in [4.78, 5) is 34.8. The van der Waals surface area contributed by atoms with E-state index < -0.39 is 0 Å². The van der Waals surface area contributed by atoms with Crippen LogP contribution in [0.5, 0.6) is 0 Å². The molecule has 24 heavy (non-hydrogen) atoms. The Morgan fingerprint density at radius 1 is 1.00 bits per heavy atom. The van der Waals surface area contributed by atoms with E-state index in [1.165, 1.54) is 0 Å².